The van der Waals surface area contributed by atoms with Crippen LogP contribution < -0.4 is 10.9 Å². The summed E-state index contributed by atoms with van der Waals surface area (Å²) in [6.45, 7) is 9.08. The number of aryl methyl sites for hydroxylation is 1. The second-order valence-electron chi connectivity index (χ2n) is 5.80. The molecule has 0 atom stereocenters. The van der Waals surface area contributed by atoms with Crippen molar-refractivity contribution in [3.05, 3.63) is 33.2 Å². The summed E-state index contributed by atoms with van der Waals surface area (Å²) in [5.41, 5.74) is 3.75. The molecule has 1 N–H and O–H groups in total. The number of fused-ring (bicyclic) bond motifs is 1. The van der Waals surface area contributed by atoms with Crippen LogP contribution in [0.1, 0.15) is 57.0 Å². The number of hydrogen-bond acceptors (Lipinski definition) is 2. The lowest BCUT2D eigenvalue weighted by molar-refractivity contribution is 0.536. The third-order valence-electron chi connectivity index (χ3n) is 3.58. The zero-order valence-electron chi connectivity index (χ0n) is 11.9. The largest absolute Gasteiger partial charge is 0.310 e. The Morgan fingerprint density at radius 2 is 2.00 bits per heavy atom. The van der Waals surface area contributed by atoms with Crippen LogP contribution in [-0.2, 0) is 19.4 Å². The molecular weight excluding hydrogens is 224 g/mol. The summed E-state index contributed by atoms with van der Waals surface area (Å²) in [6, 6.07) is 2.78. The maximum absolute atomic E-state index is 12.5. The molecule has 0 fully saturated rings. The Bertz CT molecular complexity index is 486. The number of pyridine rings is 1. The first-order valence-corrected chi connectivity index (χ1v) is 7.00. The molecule has 0 aromatic carbocycles. The lowest BCUT2D eigenvalue weighted by Crippen LogP contribution is -2.32. The number of aromatic nitrogens is 1. The molecule has 0 saturated heterocycles. The topological polar surface area (TPSA) is 34.0 Å². The molecule has 2 rings (SSSR count). The fourth-order valence-corrected chi connectivity index (χ4v) is 2.72. The molecule has 1 aromatic rings. The molecule has 0 radical (unpaired) electrons. The zero-order valence-corrected chi connectivity index (χ0v) is 11.9. The highest BCUT2D eigenvalue weighted by Gasteiger charge is 2.20. The van der Waals surface area contributed by atoms with Crippen molar-refractivity contribution in [1.82, 2.24) is 9.88 Å². The van der Waals surface area contributed by atoms with Crippen LogP contribution in [0.4, 0.5) is 0 Å². The molecule has 100 valence electrons. The van der Waals surface area contributed by atoms with E-state index < -0.39 is 0 Å². The fraction of sp³-hybridized carbons (Fsp3) is 0.667. The van der Waals surface area contributed by atoms with Crippen LogP contribution in [0.5, 0.6) is 0 Å². The van der Waals surface area contributed by atoms with E-state index in [0.29, 0.717) is 12.6 Å². The molecule has 18 heavy (non-hydrogen) atoms. The van der Waals surface area contributed by atoms with Crippen molar-refractivity contribution in [2.45, 2.75) is 65.6 Å². The van der Waals surface area contributed by atoms with E-state index in [-0.39, 0.29) is 11.6 Å². The van der Waals surface area contributed by atoms with E-state index in [1.54, 1.807) is 0 Å². The van der Waals surface area contributed by atoms with Gasteiger partial charge in [0, 0.05) is 29.9 Å². The Labute approximate surface area is 109 Å². The van der Waals surface area contributed by atoms with Crippen LogP contribution in [0.15, 0.2) is 10.9 Å². The molecule has 3 heteroatoms. The van der Waals surface area contributed by atoms with Gasteiger partial charge in [-0.3, -0.25) is 4.79 Å². The summed E-state index contributed by atoms with van der Waals surface area (Å²) >= 11 is 0. The van der Waals surface area contributed by atoms with Crippen molar-refractivity contribution in [1.29, 1.82) is 0 Å². The summed E-state index contributed by atoms with van der Waals surface area (Å²) in [5, 5.41) is 3.35. The summed E-state index contributed by atoms with van der Waals surface area (Å²) in [5.74, 6) is 0. The highest BCUT2D eigenvalue weighted by molar-refractivity contribution is 5.31. The van der Waals surface area contributed by atoms with Gasteiger partial charge < -0.3 is 9.88 Å². The molecule has 1 heterocycles. The van der Waals surface area contributed by atoms with E-state index in [0.717, 1.165) is 18.4 Å². The molecular formula is C15H24N2O. The average molecular weight is 248 g/mol. The standard InChI is InChI=1S/C15H24N2O/c1-10(2)16-9-13-8-12-6-5-7-14(12)17(11(3)4)15(13)18/h8,10-11,16H,5-7,9H2,1-4H3. The van der Waals surface area contributed by atoms with Gasteiger partial charge in [-0.2, -0.15) is 0 Å². The van der Waals surface area contributed by atoms with Gasteiger partial charge in [0.25, 0.3) is 5.56 Å². The van der Waals surface area contributed by atoms with Crippen LogP contribution in [-0.4, -0.2) is 10.6 Å². The lowest BCUT2D eigenvalue weighted by Gasteiger charge is -2.18. The Morgan fingerprint density at radius 1 is 1.28 bits per heavy atom. The molecule has 1 aliphatic carbocycles. The van der Waals surface area contributed by atoms with Gasteiger partial charge in [0.2, 0.25) is 0 Å². The minimum Gasteiger partial charge on any atom is -0.310 e. The van der Waals surface area contributed by atoms with Crippen LogP contribution in [0.3, 0.4) is 0 Å². The molecule has 0 saturated carbocycles. The van der Waals surface area contributed by atoms with E-state index in [4.69, 9.17) is 0 Å². The summed E-state index contributed by atoms with van der Waals surface area (Å²) in [4.78, 5) is 12.5. The minimum atomic E-state index is 0.193. The van der Waals surface area contributed by atoms with E-state index in [2.05, 4.69) is 39.1 Å². The van der Waals surface area contributed by atoms with Crippen molar-refractivity contribution in [3.8, 4) is 0 Å². The quantitative estimate of drug-likeness (QED) is 0.888. The number of rotatable bonds is 4. The van der Waals surface area contributed by atoms with Crippen LogP contribution in [0.2, 0.25) is 0 Å². The second-order valence-corrected chi connectivity index (χ2v) is 5.80. The highest BCUT2D eigenvalue weighted by atomic mass is 16.1. The van der Waals surface area contributed by atoms with E-state index in [1.165, 1.54) is 17.7 Å². The fourth-order valence-electron chi connectivity index (χ4n) is 2.72. The van der Waals surface area contributed by atoms with Gasteiger partial charge in [-0.1, -0.05) is 13.8 Å². The van der Waals surface area contributed by atoms with Crippen LogP contribution in [0, 0.1) is 0 Å². The Balaban J connectivity index is 2.43. The maximum Gasteiger partial charge on any atom is 0.255 e. The van der Waals surface area contributed by atoms with Gasteiger partial charge >= 0.3 is 0 Å². The minimum absolute atomic E-state index is 0.193. The second kappa shape index (κ2) is 5.27. The van der Waals surface area contributed by atoms with Crippen molar-refractivity contribution in [3.63, 3.8) is 0 Å². The molecule has 0 amide bonds. The van der Waals surface area contributed by atoms with Gasteiger partial charge in [-0.25, -0.2) is 0 Å². The molecule has 1 aliphatic rings. The van der Waals surface area contributed by atoms with Gasteiger partial charge in [0.15, 0.2) is 0 Å². The van der Waals surface area contributed by atoms with E-state index in [9.17, 15) is 4.79 Å². The molecule has 0 aliphatic heterocycles. The smallest absolute Gasteiger partial charge is 0.255 e. The van der Waals surface area contributed by atoms with Gasteiger partial charge in [0.05, 0.1) is 0 Å². The average Bonchev–Trinajstić information content (AvgIpc) is 2.72. The first kappa shape index (κ1) is 13.3. The number of nitrogens with zero attached hydrogens (tertiary/aromatic N) is 1. The van der Waals surface area contributed by atoms with Crippen LogP contribution in [0.25, 0.3) is 0 Å². The lowest BCUT2D eigenvalue weighted by atomic mass is 10.1. The molecule has 0 unspecified atom stereocenters. The Morgan fingerprint density at radius 3 is 2.61 bits per heavy atom. The monoisotopic (exact) mass is 248 g/mol. The van der Waals surface area contributed by atoms with Gasteiger partial charge in [0.1, 0.15) is 0 Å². The van der Waals surface area contributed by atoms with Crippen molar-refractivity contribution in [2.75, 3.05) is 0 Å². The summed E-state index contributed by atoms with van der Waals surface area (Å²) < 4.78 is 2.00. The summed E-state index contributed by atoms with van der Waals surface area (Å²) in [6.07, 6.45) is 3.36. The highest BCUT2D eigenvalue weighted by Crippen LogP contribution is 2.23. The first-order valence-electron chi connectivity index (χ1n) is 7.00. The normalized spacial score (nSPS) is 14.6. The third kappa shape index (κ3) is 2.51. The zero-order chi connectivity index (χ0) is 13.3. The van der Waals surface area contributed by atoms with E-state index >= 15 is 0 Å². The first-order chi connectivity index (χ1) is 8.50. The van der Waals surface area contributed by atoms with Crippen LogP contribution >= 0.6 is 0 Å². The molecule has 3 nitrogen and oxygen atoms in total. The van der Waals surface area contributed by atoms with Crippen molar-refractivity contribution < 1.29 is 0 Å². The predicted octanol–water partition coefficient (Wildman–Crippen LogP) is 2.42. The number of nitrogens with one attached hydrogen (secondary N) is 1. The Kier molecular flexibility index (Phi) is 3.91. The van der Waals surface area contributed by atoms with E-state index in [1.807, 2.05) is 4.57 Å². The van der Waals surface area contributed by atoms with Gasteiger partial charge in [-0.05, 0) is 44.7 Å². The third-order valence-corrected chi connectivity index (χ3v) is 3.58. The van der Waals surface area contributed by atoms with Crippen molar-refractivity contribution >= 4 is 0 Å². The van der Waals surface area contributed by atoms with Crippen molar-refractivity contribution in [2.24, 2.45) is 0 Å². The molecule has 1 aromatic heterocycles. The predicted molar refractivity (Wildman–Crippen MR) is 75.1 cm³/mol. The number of hydrogen-bond donors (Lipinski definition) is 1. The SMILES string of the molecule is CC(C)NCc1cc2c(n(C(C)C)c1=O)CCC2. The van der Waals surface area contributed by atoms with Gasteiger partial charge in [-0.15, -0.1) is 0 Å². The maximum atomic E-state index is 12.5. The molecule has 0 spiro atoms. The Hall–Kier alpha value is -1.09. The molecule has 0 bridgehead atoms. The summed E-state index contributed by atoms with van der Waals surface area (Å²) in [7, 11) is 0.